The lowest BCUT2D eigenvalue weighted by atomic mass is 9.74. The third-order valence-corrected chi connectivity index (χ3v) is 7.53. The van der Waals surface area contributed by atoms with Crippen molar-refractivity contribution >= 4 is 5.91 Å². The monoisotopic (exact) mass is 403 g/mol. The SMILES string of the molecule is O=C(CCc1cccnc1)N1C[C@@H]2C[C@H](C1)[C@@H]1CCC[C@H](Cc3ccccc3)N1C2. The van der Waals surface area contributed by atoms with Gasteiger partial charge in [0.25, 0.3) is 0 Å². The summed E-state index contributed by atoms with van der Waals surface area (Å²) in [6, 6.07) is 16.3. The second-order valence-corrected chi connectivity index (χ2v) is 9.56. The first-order chi connectivity index (χ1) is 14.8. The molecule has 3 aliphatic heterocycles. The first-order valence-corrected chi connectivity index (χ1v) is 11.7. The summed E-state index contributed by atoms with van der Waals surface area (Å²) in [5.41, 5.74) is 2.62. The van der Waals surface area contributed by atoms with Crippen molar-refractivity contribution in [2.75, 3.05) is 19.6 Å². The molecule has 3 aliphatic rings. The van der Waals surface area contributed by atoms with Crippen LogP contribution in [0.15, 0.2) is 54.9 Å². The molecule has 4 heteroatoms. The van der Waals surface area contributed by atoms with Gasteiger partial charge in [0.1, 0.15) is 0 Å². The number of nitrogens with zero attached hydrogens (tertiary/aromatic N) is 3. The molecule has 4 nitrogen and oxygen atoms in total. The smallest absolute Gasteiger partial charge is 0.222 e. The summed E-state index contributed by atoms with van der Waals surface area (Å²) in [6.07, 6.45) is 11.5. The number of hydrogen-bond acceptors (Lipinski definition) is 3. The van der Waals surface area contributed by atoms with Gasteiger partial charge in [-0.25, -0.2) is 0 Å². The van der Waals surface area contributed by atoms with E-state index >= 15 is 0 Å². The maximum atomic E-state index is 13.0. The van der Waals surface area contributed by atoms with E-state index in [4.69, 9.17) is 0 Å². The zero-order valence-electron chi connectivity index (χ0n) is 17.8. The van der Waals surface area contributed by atoms with Gasteiger partial charge < -0.3 is 4.90 Å². The fourth-order valence-electron chi connectivity index (χ4n) is 6.18. The molecule has 0 spiro atoms. The fraction of sp³-hybridized carbons (Fsp3) is 0.538. The molecule has 0 saturated carbocycles. The first-order valence-electron chi connectivity index (χ1n) is 11.7. The minimum absolute atomic E-state index is 0.332. The van der Waals surface area contributed by atoms with Crippen molar-refractivity contribution in [1.29, 1.82) is 0 Å². The number of pyridine rings is 1. The van der Waals surface area contributed by atoms with Gasteiger partial charge in [0.2, 0.25) is 5.91 Å². The third-order valence-electron chi connectivity index (χ3n) is 7.53. The van der Waals surface area contributed by atoms with Gasteiger partial charge in [0, 0.05) is 50.5 Å². The molecular formula is C26H33N3O. The Morgan fingerprint density at radius 3 is 2.70 bits per heavy atom. The predicted octanol–water partition coefficient (Wildman–Crippen LogP) is 3.96. The van der Waals surface area contributed by atoms with Crippen molar-refractivity contribution in [1.82, 2.24) is 14.8 Å². The van der Waals surface area contributed by atoms with Gasteiger partial charge in [-0.15, -0.1) is 0 Å². The Morgan fingerprint density at radius 2 is 1.87 bits per heavy atom. The number of carbonyl (C=O) groups excluding carboxylic acids is 1. The maximum absolute atomic E-state index is 13.0. The van der Waals surface area contributed by atoms with Crippen LogP contribution in [0.4, 0.5) is 0 Å². The van der Waals surface area contributed by atoms with E-state index in [0.717, 1.165) is 25.1 Å². The van der Waals surface area contributed by atoms with Crippen LogP contribution in [0.5, 0.6) is 0 Å². The van der Waals surface area contributed by atoms with E-state index in [2.05, 4.69) is 51.2 Å². The number of amides is 1. The molecule has 3 saturated heterocycles. The Kier molecular flexibility index (Phi) is 5.85. The van der Waals surface area contributed by atoms with Crippen LogP contribution in [0.25, 0.3) is 0 Å². The van der Waals surface area contributed by atoms with Gasteiger partial charge in [-0.3, -0.25) is 14.7 Å². The number of aryl methyl sites for hydroxylation is 1. The van der Waals surface area contributed by atoms with Crippen LogP contribution < -0.4 is 0 Å². The summed E-state index contributed by atoms with van der Waals surface area (Å²) in [5, 5.41) is 0. The Morgan fingerprint density at radius 1 is 1.00 bits per heavy atom. The second-order valence-electron chi connectivity index (χ2n) is 9.56. The first kappa shape index (κ1) is 19.7. The van der Waals surface area contributed by atoms with E-state index in [-0.39, 0.29) is 0 Å². The minimum Gasteiger partial charge on any atom is -0.342 e. The number of rotatable bonds is 5. The largest absolute Gasteiger partial charge is 0.342 e. The Balaban J connectivity index is 1.22. The van der Waals surface area contributed by atoms with Gasteiger partial charge in [-0.05, 0) is 61.1 Å². The number of hydrogen-bond donors (Lipinski definition) is 0. The number of carbonyl (C=O) groups is 1. The Hall–Kier alpha value is -2.20. The fourth-order valence-corrected chi connectivity index (χ4v) is 6.18. The lowest BCUT2D eigenvalue weighted by molar-refractivity contribution is -0.138. The normalized spacial score (nSPS) is 28.7. The molecule has 4 heterocycles. The molecule has 0 N–H and O–H groups in total. The van der Waals surface area contributed by atoms with Crippen LogP contribution in [0.1, 0.15) is 43.2 Å². The van der Waals surface area contributed by atoms with E-state index in [1.807, 2.05) is 12.3 Å². The summed E-state index contributed by atoms with van der Waals surface area (Å²) < 4.78 is 0. The quantitative estimate of drug-likeness (QED) is 0.758. The van der Waals surface area contributed by atoms with E-state index in [1.54, 1.807) is 6.20 Å². The van der Waals surface area contributed by atoms with Gasteiger partial charge >= 0.3 is 0 Å². The maximum Gasteiger partial charge on any atom is 0.222 e. The molecule has 5 rings (SSSR count). The summed E-state index contributed by atoms with van der Waals surface area (Å²) in [4.78, 5) is 22.2. The highest BCUT2D eigenvalue weighted by Crippen LogP contribution is 2.40. The lowest BCUT2D eigenvalue weighted by Gasteiger charge is -2.55. The third kappa shape index (κ3) is 4.29. The minimum atomic E-state index is 0.332. The van der Waals surface area contributed by atoms with Crippen LogP contribution >= 0.6 is 0 Å². The molecule has 3 fully saturated rings. The van der Waals surface area contributed by atoms with Crippen LogP contribution in [0.3, 0.4) is 0 Å². The Bertz CT molecular complexity index is 840. The zero-order valence-corrected chi connectivity index (χ0v) is 17.8. The number of likely N-dealkylation sites (tertiary alicyclic amines) is 1. The van der Waals surface area contributed by atoms with Crippen molar-refractivity contribution in [2.45, 2.75) is 57.0 Å². The highest BCUT2D eigenvalue weighted by molar-refractivity contribution is 5.76. The predicted molar refractivity (Wildman–Crippen MR) is 119 cm³/mol. The molecule has 0 radical (unpaired) electrons. The topological polar surface area (TPSA) is 36.4 Å². The number of aromatic nitrogens is 1. The highest BCUT2D eigenvalue weighted by Gasteiger charge is 2.45. The van der Waals surface area contributed by atoms with Gasteiger partial charge in [-0.1, -0.05) is 42.8 Å². The number of fused-ring (bicyclic) bond motifs is 4. The van der Waals surface area contributed by atoms with Gasteiger partial charge in [0.15, 0.2) is 0 Å². The average molecular weight is 404 g/mol. The number of piperidine rings is 3. The van der Waals surface area contributed by atoms with Crippen molar-refractivity contribution in [3.63, 3.8) is 0 Å². The Labute approximate surface area is 180 Å². The molecule has 4 atom stereocenters. The summed E-state index contributed by atoms with van der Waals surface area (Å²) in [6.45, 7) is 3.08. The molecule has 1 aromatic heterocycles. The van der Waals surface area contributed by atoms with Crippen LogP contribution in [0.2, 0.25) is 0 Å². The van der Waals surface area contributed by atoms with E-state index in [0.29, 0.717) is 36.2 Å². The van der Waals surface area contributed by atoms with Crippen molar-refractivity contribution < 1.29 is 4.79 Å². The van der Waals surface area contributed by atoms with Crippen molar-refractivity contribution in [2.24, 2.45) is 11.8 Å². The molecule has 2 bridgehead atoms. The van der Waals surface area contributed by atoms with E-state index < -0.39 is 0 Å². The van der Waals surface area contributed by atoms with Gasteiger partial charge in [-0.2, -0.15) is 0 Å². The van der Waals surface area contributed by atoms with E-state index in [1.165, 1.54) is 44.2 Å². The molecule has 2 aromatic rings. The second kappa shape index (κ2) is 8.89. The molecule has 30 heavy (non-hydrogen) atoms. The van der Waals surface area contributed by atoms with Crippen molar-refractivity contribution in [3.8, 4) is 0 Å². The van der Waals surface area contributed by atoms with Crippen LogP contribution in [-0.4, -0.2) is 52.4 Å². The van der Waals surface area contributed by atoms with Gasteiger partial charge in [0.05, 0.1) is 0 Å². The standard InChI is InChI=1S/C26H33N3O/c30-26(12-11-21-8-5-13-27-16-21)28-17-22-14-23(19-28)25-10-4-9-24(29(25)18-22)15-20-6-2-1-3-7-20/h1-3,5-8,13,16,22-25H,4,9-12,14-15,17-19H2/t22-,23+,24+,25-/m0/s1. The molecule has 1 aromatic carbocycles. The summed E-state index contributed by atoms with van der Waals surface area (Å²) in [5.74, 6) is 1.62. The lowest BCUT2D eigenvalue weighted by Crippen LogP contribution is -2.62. The van der Waals surface area contributed by atoms with Crippen LogP contribution in [-0.2, 0) is 17.6 Å². The van der Waals surface area contributed by atoms with Crippen LogP contribution in [0, 0.1) is 11.8 Å². The molecule has 1 amide bonds. The zero-order chi connectivity index (χ0) is 20.3. The molecule has 0 aliphatic carbocycles. The molecular weight excluding hydrogens is 370 g/mol. The van der Waals surface area contributed by atoms with E-state index in [9.17, 15) is 4.79 Å². The number of benzene rings is 1. The summed E-state index contributed by atoms with van der Waals surface area (Å²) in [7, 11) is 0. The van der Waals surface area contributed by atoms with Crippen molar-refractivity contribution in [3.05, 3.63) is 66.0 Å². The molecule has 0 unspecified atom stereocenters. The summed E-state index contributed by atoms with van der Waals surface area (Å²) >= 11 is 0. The average Bonchev–Trinajstić information content (AvgIpc) is 2.79. The molecule has 158 valence electrons. The highest BCUT2D eigenvalue weighted by atomic mass is 16.2.